The Morgan fingerprint density at radius 2 is 1.78 bits per heavy atom. The number of alkyl halides is 5. The summed E-state index contributed by atoms with van der Waals surface area (Å²) in [5, 5.41) is 0. The van der Waals surface area contributed by atoms with Gasteiger partial charge in [-0.25, -0.2) is 13.2 Å². The van der Waals surface area contributed by atoms with E-state index in [0.29, 0.717) is 12.8 Å². The van der Waals surface area contributed by atoms with E-state index in [0.717, 1.165) is 23.8 Å². The van der Waals surface area contributed by atoms with Crippen LogP contribution in [0.15, 0.2) is 60.7 Å². The largest absolute Gasteiger partial charge is 0.491 e. The van der Waals surface area contributed by atoms with E-state index >= 15 is 22.0 Å². The van der Waals surface area contributed by atoms with Crippen molar-refractivity contribution < 1.29 is 35.5 Å². The van der Waals surface area contributed by atoms with Crippen molar-refractivity contribution in [2.45, 2.75) is 50.6 Å². The first-order valence-electron chi connectivity index (χ1n) is 11.7. The molecule has 0 aliphatic heterocycles. The molecule has 0 spiro atoms. The van der Waals surface area contributed by atoms with Gasteiger partial charge in [0.25, 0.3) is 0 Å². The van der Waals surface area contributed by atoms with Gasteiger partial charge in [0, 0.05) is 11.5 Å². The number of rotatable bonds is 8. The molecule has 2 unspecified atom stereocenters. The van der Waals surface area contributed by atoms with Gasteiger partial charge in [-0.3, -0.25) is 0 Å². The van der Waals surface area contributed by atoms with Crippen molar-refractivity contribution in [1.82, 2.24) is 0 Å². The molecule has 1 nitrogen and oxygen atoms in total. The first-order chi connectivity index (χ1) is 17.0. The third-order valence-corrected chi connectivity index (χ3v) is 6.70. The van der Waals surface area contributed by atoms with Crippen LogP contribution in [0.25, 0.3) is 5.57 Å². The van der Waals surface area contributed by atoms with Gasteiger partial charge in [-0.15, -0.1) is 6.58 Å². The highest BCUT2D eigenvalue weighted by Gasteiger charge is 2.67. The Bertz CT molecular complexity index is 1230. The number of aryl methyl sites for hydroxylation is 2. The third-order valence-electron chi connectivity index (χ3n) is 6.70. The summed E-state index contributed by atoms with van der Waals surface area (Å²) < 4.78 is 110. The van der Waals surface area contributed by atoms with Crippen molar-refractivity contribution in [3.8, 4) is 5.75 Å². The molecule has 0 saturated carbocycles. The van der Waals surface area contributed by atoms with Gasteiger partial charge in [-0.2, -0.15) is 17.6 Å². The van der Waals surface area contributed by atoms with E-state index in [-0.39, 0.29) is 25.0 Å². The molecule has 36 heavy (non-hydrogen) atoms. The van der Waals surface area contributed by atoms with Crippen molar-refractivity contribution >= 4 is 5.57 Å². The fraction of sp³-hybridized carbons (Fsp3) is 0.357. The Balaban J connectivity index is 1.64. The van der Waals surface area contributed by atoms with E-state index in [1.54, 1.807) is 18.2 Å². The molecule has 2 aromatic carbocycles. The lowest BCUT2D eigenvalue weighted by Crippen LogP contribution is -2.48. The standard InChI is InChI=1S/C28H25F7O/c1-3-5-6-16-7-8-17(21(29)15-16)9-10-18-11-12-19-20-13-14-22(36-4-2)26(31)24(20)28(34,35)27(32,33)23(19)25(18)30/h3,7-8,11-15,18,25H,1,4-6,9-10H2,2H3. The molecule has 192 valence electrons. The molecule has 2 aliphatic carbocycles. The number of fused-ring (bicyclic) bond motifs is 2. The second-order valence-electron chi connectivity index (χ2n) is 8.93. The molecule has 2 atom stereocenters. The lowest BCUT2D eigenvalue weighted by molar-refractivity contribution is -0.201. The lowest BCUT2D eigenvalue weighted by atomic mass is 9.72. The van der Waals surface area contributed by atoms with E-state index in [1.807, 2.05) is 0 Å². The Hall–Kier alpha value is -3.03. The van der Waals surface area contributed by atoms with Crippen LogP contribution in [0, 0.1) is 17.6 Å². The maximum absolute atomic E-state index is 15.5. The average Bonchev–Trinajstić information content (AvgIpc) is 2.82. The topological polar surface area (TPSA) is 9.23 Å². The maximum atomic E-state index is 15.5. The number of hydrogen-bond acceptors (Lipinski definition) is 1. The van der Waals surface area contributed by atoms with Crippen LogP contribution in [-0.4, -0.2) is 18.7 Å². The van der Waals surface area contributed by atoms with E-state index in [9.17, 15) is 8.78 Å². The SMILES string of the molecule is C=CCCc1ccc(CCC2C=CC3=C(C2F)C(F)(F)C(F)(F)c2c3ccc(OCC)c2F)c(F)c1. The molecule has 0 heterocycles. The van der Waals surface area contributed by atoms with Crippen LogP contribution in [0.1, 0.15) is 42.0 Å². The summed E-state index contributed by atoms with van der Waals surface area (Å²) in [6.07, 6.45) is 2.91. The monoisotopic (exact) mass is 510 g/mol. The molecule has 0 saturated heterocycles. The molecule has 0 fully saturated rings. The number of benzene rings is 2. The van der Waals surface area contributed by atoms with E-state index < -0.39 is 63.6 Å². The molecular formula is C28H25F7O. The molecule has 2 aliphatic rings. The van der Waals surface area contributed by atoms with E-state index in [4.69, 9.17) is 4.74 Å². The molecule has 0 N–H and O–H groups in total. The van der Waals surface area contributed by atoms with Crippen LogP contribution in [0.3, 0.4) is 0 Å². The van der Waals surface area contributed by atoms with Crippen LogP contribution in [-0.2, 0) is 18.8 Å². The molecule has 0 aromatic heterocycles. The van der Waals surface area contributed by atoms with Gasteiger partial charge in [-0.05, 0) is 73.1 Å². The van der Waals surface area contributed by atoms with Gasteiger partial charge in [0.1, 0.15) is 12.0 Å². The zero-order chi connectivity index (χ0) is 26.3. The number of ether oxygens (including phenoxy) is 1. The smallest absolute Gasteiger partial charge is 0.343 e. The minimum atomic E-state index is -4.99. The van der Waals surface area contributed by atoms with Crippen LogP contribution in [0.5, 0.6) is 5.75 Å². The first-order valence-corrected chi connectivity index (χ1v) is 11.7. The van der Waals surface area contributed by atoms with Gasteiger partial charge in [0.15, 0.2) is 11.6 Å². The number of halogens is 7. The van der Waals surface area contributed by atoms with Crippen molar-refractivity contribution in [1.29, 1.82) is 0 Å². The van der Waals surface area contributed by atoms with E-state index in [1.165, 1.54) is 19.1 Å². The summed E-state index contributed by atoms with van der Waals surface area (Å²) in [4.78, 5) is 0. The van der Waals surface area contributed by atoms with Gasteiger partial charge < -0.3 is 4.74 Å². The zero-order valence-electron chi connectivity index (χ0n) is 19.6. The van der Waals surface area contributed by atoms with Crippen molar-refractivity contribution in [2.24, 2.45) is 5.92 Å². The summed E-state index contributed by atoms with van der Waals surface area (Å²) in [5.74, 6) is -13.8. The van der Waals surface area contributed by atoms with Crippen molar-refractivity contribution in [3.05, 3.63) is 94.6 Å². The number of hydrogen-bond donors (Lipinski definition) is 0. The Morgan fingerprint density at radius 1 is 1.03 bits per heavy atom. The van der Waals surface area contributed by atoms with Gasteiger partial charge >= 0.3 is 11.8 Å². The summed E-state index contributed by atoms with van der Waals surface area (Å²) in [7, 11) is 0. The molecule has 2 aromatic rings. The van der Waals surface area contributed by atoms with Gasteiger partial charge in [0.2, 0.25) is 0 Å². The highest BCUT2D eigenvalue weighted by molar-refractivity contribution is 5.85. The summed E-state index contributed by atoms with van der Waals surface area (Å²) in [6, 6.07) is 6.75. The Labute approximate surface area is 205 Å². The minimum Gasteiger partial charge on any atom is -0.491 e. The first kappa shape index (κ1) is 26.0. The molecule has 8 heteroatoms. The van der Waals surface area contributed by atoms with Crippen LogP contribution < -0.4 is 4.74 Å². The second-order valence-corrected chi connectivity index (χ2v) is 8.93. The second kappa shape index (κ2) is 9.79. The highest BCUT2D eigenvalue weighted by atomic mass is 19.3. The van der Waals surface area contributed by atoms with Gasteiger partial charge in [-0.1, -0.05) is 30.4 Å². The number of allylic oxidation sites excluding steroid dienone is 5. The highest BCUT2D eigenvalue weighted by Crippen LogP contribution is 2.59. The van der Waals surface area contributed by atoms with E-state index in [2.05, 4.69) is 6.58 Å². The molecule has 4 rings (SSSR count). The molecule has 0 radical (unpaired) electrons. The Morgan fingerprint density at radius 3 is 2.44 bits per heavy atom. The predicted molar refractivity (Wildman–Crippen MR) is 124 cm³/mol. The normalized spacial score (nSPS) is 21.7. The summed E-state index contributed by atoms with van der Waals surface area (Å²) in [6.45, 7) is 5.05. The van der Waals surface area contributed by atoms with Crippen molar-refractivity contribution in [3.63, 3.8) is 0 Å². The summed E-state index contributed by atoms with van der Waals surface area (Å²) >= 11 is 0. The Kier molecular flexibility index (Phi) is 7.08. The quantitative estimate of drug-likeness (QED) is 0.257. The molecule has 0 bridgehead atoms. The van der Waals surface area contributed by atoms with Gasteiger partial charge in [0.05, 0.1) is 12.2 Å². The zero-order valence-corrected chi connectivity index (χ0v) is 19.6. The summed E-state index contributed by atoms with van der Waals surface area (Å²) in [5.41, 5.74) is -2.82. The van der Waals surface area contributed by atoms with Crippen molar-refractivity contribution in [2.75, 3.05) is 6.61 Å². The van der Waals surface area contributed by atoms with Crippen LogP contribution in [0.2, 0.25) is 0 Å². The molecular weight excluding hydrogens is 485 g/mol. The lowest BCUT2D eigenvalue weighted by Gasteiger charge is -2.40. The predicted octanol–water partition coefficient (Wildman–Crippen LogP) is 8.13. The van der Waals surface area contributed by atoms with Crippen LogP contribution in [0.4, 0.5) is 30.7 Å². The minimum absolute atomic E-state index is 0.0243. The average molecular weight is 510 g/mol. The third kappa shape index (κ3) is 4.24. The van der Waals surface area contributed by atoms with Crippen LogP contribution >= 0.6 is 0 Å². The fourth-order valence-corrected chi connectivity index (χ4v) is 4.81. The fourth-order valence-electron chi connectivity index (χ4n) is 4.81. The maximum Gasteiger partial charge on any atom is 0.343 e. The molecule has 0 amide bonds.